The van der Waals surface area contributed by atoms with Gasteiger partial charge in [0.1, 0.15) is 5.82 Å². The SMILES string of the molecule is Cc1ccc(SC(CN)c2ccc(F)cc2)cc1. The standard InChI is InChI=1S/C15H16FNS/c1-11-2-8-14(9-3-11)18-15(10-17)12-4-6-13(16)7-5-12/h2-9,15H,10,17H2,1H3. The van der Waals surface area contributed by atoms with Crippen LogP contribution in [0.4, 0.5) is 4.39 Å². The lowest BCUT2D eigenvalue weighted by atomic mass is 10.1. The van der Waals surface area contributed by atoms with Crippen LogP contribution >= 0.6 is 11.8 Å². The Morgan fingerprint density at radius 1 is 1.06 bits per heavy atom. The third-order valence-electron chi connectivity index (χ3n) is 2.76. The van der Waals surface area contributed by atoms with Crippen LogP contribution in [0.3, 0.4) is 0 Å². The number of halogens is 1. The number of hydrogen-bond donors (Lipinski definition) is 1. The molecule has 3 heteroatoms. The van der Waals surface area contributed by atoms with Crippen LogP contribution in [0.1, 0.15) is 16.4 Å². The third kappa shape index (κ3) is 3.34. The van der Waals surface area contributed by atoms with Crippen molar-refractivity contribution in [2.24, 2.45) is 5.73 Å². The lowest BCUT2D eigenvalue weighted by molar-refractivity contribution is 0.627. The van der Waals surface area contributed by atoms with E-state index in [9.17, 15) is 4.39 Å². The molecule has 2 aromatic rings. The van der Waals surface area contributed by atoms with Crippen LogP contribution in [0.5, 0.6) is 0 Å². The molecule has 1 nitrogen and oxygen atoms in total. The predicted octanol–water partition coefficient (Wildman–Crippen LogP) is 3.93. The summed E-state index contributed by atoms with van der Waals surface area (Å²) in [5.41, 5.74) is 8.11. The van der Waals surface area contributed by atoms with Gasteiger partial charge in [0, 0.05) is 16.7 Å². The zero-order valence-electron chi connectivity index (χ0n) is 10.3. The molecule has 0 aliphatic rings. The Balaban J connectivity index is 2.14. The zero-order chi connectivity index (χ0) is 13.0. The van der Waals surface area contributed by atoms with E-state index in [0.717, 1.165) is 5.56 Å². The molecular weight excluding hydrogens is 245 g/mol. The van der Waals surface area contributed by atoms with Crippen molar-refractivity contribution >= 4 is 11.8 Å². The summed E-state index contributed by atoms with van der Waals surface area (Å²) in [5.74, 6) is -0.213. The third-order valence-corrected chi connectivity index (χ3v) is 4.05. The number of thioether (sulfide) groups is 1. The Bertz CT molecular complexity index is 493. The molecule has 0 radical (unpaired) electrons. The van der Waals surface area contributed by atoms with E-state index < -0.39 is 0 Å². The molecule has 2 aromatic carbocycles. The Labute approximate surface area is 111 Å². The zero-order valence-corrected chi connectivity index (χ0v) is 11.1. The van der Waals surface area contributed by atoms with Gasteiger partial charge in [0.15, 0.2) is 0 Å². The molecule has 0 heterocycles. The van der Waals surface area contributed by atoms with Gasteiger partial charge in [0.05, 0.1) is 0 Å². The first-order chi connectivity index (χ1) is 8.69. The van der Waals surface area contributed by atoms with Crippen LogP contribution < -0.4 is 5.73 Å². The number of rotatable bonds is 4. The molecule has 0 aromatic heterocycles. The van der Waals surface area contributed by atoms with Crippen molar-refractivity contribution in [3.63, 3.8) is 0 Å². The minimum absolute atomic E-state index is 0.160. The largest absolute Gasteiger partial charge is 0.329 e. The van der Waals surface area contributed by atoms with Gasteiger partial charge in [-0.15, -0.1) is 11.8 Å². The smallest absolute Gasteiger partial charge is 0.123 e. The molecule has 2 N–H and O–H groups in total. The highest BCUT2D eigenvalue weighted by Gasteiger charge is 2.11. The molecule has 94 valence electrons. The van der Waals surface area contributed by atoms with Gasteiger partial charge in [-0.3, -0.25) is 0 Å². The van der Waals surface area contributed by atoms with E-state index in [4.69, 9.17) is 5.73 Å². The maximum Gasteiger partial charge on any atom is 0.123 e. The quantitative estimate of drug-likeness (QED) is 0.844. The molecule has 0 saturated carbocycles. The Hall–Kier alpha value is -1.32. The van der Waals surface area contributed by atoms with Crippen molar-refractivity contribution in [3.05, 3.63) is 65.5 Å². The lowest BCUT2D eigenvalue weighted by Crippen LogP contribution is -2.09. The molecule has 18 heavy (non-hydrogen) atoms. The molecule has 0 spiro atoms. The monoisotopic (exact) mass is 261 g/mol. The normalized spacial score (nSPS) is 12.4. The van der Waals surface area contributed by atoms with Crippen LogP contribution in [-0.2, 0) is 0 Å². The van der Waals surface area contributed by atoms with E-state index in [1.165, 1.54) is 22.6 Å². The molecule has 0 aliphatic heterocycles. The van der Waals surface area contributed by atoms with E-state index >= 15 is 0 Å². The average molecular weight is 261 g/mol. The molecule has 1 atom stereocenters. The highest BCUT2D eigenvalue weighted by atomic mass is 32.2. The maximum atomic E-state index is 12.9. The number of nitrogens with two attached hydrogens (primary N) is 1. The van der Waals surface area contributed by atoms with E-state index in [1.807, 2.05) is 0 Å². The molecule has 0 amide bonds. The van der Waals surface area contributed by atoms with Crippen molar-refractivity contribution in [2.75, 3.05) is 6.54 Å². The molecule has 0 bridgehead atoms. The van der Waals surface area contributed by atoms with Crippen molar-refractivity contribution < 1.29 is 4.39 Å². The summed E-state index contributed by atoms with van der Waals surface area (Å²) < 4.78 is 12.9. The van der Waals surface area contributed by atoms with Gasteiger partial charge in [0.25, 0.3) is 0 Å². The van der Waals surface area contributed by atoms with Gasteiger partial charge in [0.2, 0.25) is 0 Å². The maximum absolute atomic E-state index is 12.9. The summed E-state index contributed by atoms with van der Waals surface area (Å²) in [4.78, 5) is 1.18. The Kier molecular flexibility index (Phi) is 4.39. The number of benzene rings is 2. The lowest BCUT2D eigenvalue weighted by Gasteiger charge is -2.15. The van der Waals surface area contributed by atoms with Crippen LogP contribution in [-0.4, -0.2) is 6.54 Å². The fraction of sp³-hybridized carbons (Fsp3) is 0.200. The Morgan fingerprint density at radius 3 is 2.22 bits per heavy atom. The minimum atomic E-state index is -0.213. The van der Waals surface area contributed by atoms with Gasteiger partial charge in [-0.25, -0.2) is 4.39 Å². The van der Waals surface area contributed by atoms with Crippen molar-refractivity contribution in [1.29, 1.82) is 0 Å². The van der Waals surface area contributed by atoms with Crippen molar-refractivity contribution in [2.45, 2.75) is 17.1 Å². The Morgan fingerprint density at radius 2 is 1.67 bits per heavy atom. The minimum Gasteiger partial charge on any atom is -0.329 e. The first-order valence-corrected chi connectivity index (χ1v) is 6.76. The average Bonchev–Trinajstić information content (AvgIpc) is 2.39. The summed E-state index contributed by atoms with van der Waals surface area (Å²) in [7, 11) is 0. The van der Waals surface area contributed by atoms with Crippen LogP contribution in [0.2, 0.25) is 0 Å². The van der Waals surface area contributed by atoms with E-state index in [1.54, 1.807) is 23.9 Å². The van der Waals surface area contributed by atoms with Crippen molar-refractivity contribution in [3.8, 4) is 0 Å². The summed E-state index contributed by atoms with van der Waals surface area (Å²) in [6.45, 7) is 2.60. The molecule has 0 saturated heterocycles. The van der Waals surface area contributed by atoms with Gasteiger partial charge >= 0.3 is 0 Å². The summed E-state index contributed by atoms with van der Waals surface area (Å²) in [6.07, 6.45) is 0. The van der Waals surface area contributed by atoms with Gasteiger partial charge < -0.3 is 5.73 Å². The van der Waals surface area contributed by atoms with Crippen LogP contribution in [0, 0.1) is 12.7 Å². The molecule has 0 fully saturated rings. The fourth-order valence-electron chi connectivity index (χ4n) is 1.71. The van der Waals surface area contributed by atoms with E-state index in [2.05, 4.69) is 31.2 Å². The second kappa shape index (κ2) is 6.03. The summed E-state index contributed by atoms with van der Waals surface area (Å²) >= 11 is 1.71. The van der Waals surface area contributed by atoms with Crippen molar-refractivity contribution in [1.82, 2.24) is 0 Å². The highest BCUT2D eigenvalue weighted by molar-refractivity contribution is 7.99. The number of hydrogen-bond acceptors (Lipinski definition) is 2. The topological polar surface area (TPSA) is 26.0 Å². The summed E-state index contributed by atoms with van der Waals surface area (Å²) in [6, 6.07) is 14.9. The predicted molar refractivity (Wildman–Crippen MR) is 75.2 cm³/mol. The van der Waals surface area contributed by atoms with E-state index in [-0.39, 0.29) is 11.1 Å². The fourth-order valence-corrected chi connectivity index (χ4v) is 2.72. The second-order valence-corrected chi connectivity index (χ2v) is 5.48. The first-order valence-electron chi connectivity index (χ1n) is 5.88. The van der Waals surface area contributed by atoms with Gasteiger partial charge in [-0.2, -0.15) is 0 Å². The molecular formula is C15H16FNS. The first kappa shape index (κ1) is 13.1. The highest BCUT2D eigenvalue weighted by Crippen LogP contribution is 2.34. The molecule has 1 unspecified atom stereocenters. The van der Waals surface area contributed by atoms with Crippen LogP contribution in [0.25, 0.3) is 0 Å². The van der Waals surface area contributed by atoms with Crippen LogP contribution in [0.15, 0.2) is 53.4 Å². The molecule has 2 rings (SSSR count). The van der Waals surface area contributed by atoms with Gasteiger partial charge in [-0.05, 0) is 36.8 Å². The summed E-state index contributed by atoms with van der Waals surface area (Å²) in [5, 5.41) is 0.160. The van der Waals surface area contributed by atoms with E-state index in [0.29, 0.717) is 6.54 Å². The number of aryl methyl sites for hydroxylation is 1. The second-order valence-electron chi connectivity index (χ2n) is 4.21. The van der Waals surface area contributed by atoms with Gasteiger partial charge in [-0.1, -0.05) is 29.8 Å². The molecule has 0 aliphatic carbocycles.